The van der Waals surface area contributed by atoms with Gasteiger partial charge in [0, 0.05) is 0 Å². The van der Waals surface area contributed by atoms with Crippen molar-refractivity contribution in [3.05, 3.63) is 17.9 Å². The van der Waals surface area contributed by atoms with Crippen LogP contribution in [0, 0.1) is 5.82 Å². The van der Waals surface area contributed by atoms with E-state index in [0.29, 0.717) is 0 Å². The Kier molecular flexibility index (Phi) is 1.37. The van der Waals surface area contributed by atoms with E-state index in [1.54, 1.807) is 0 Å². The lowest BCUT2D eigenvalue weighted by molar-refractivity contribution is 0.380. The Hall–Kier alpha value is -1.45. The third-order valence-electron chi connectivity index (χ3n) is 1.13. The van der Waals surface area contributed by atoms with Crippen LogP contribution in [-0.2, 0) is 0 Å². The maximum absolute atomic E-state index is 12.3. The number of phenols is 2. The van der Waals surface area contributed by atoms with Crippen LogP contribution in [0.25, 0.3) is 0 Å². The van der Waals surface area contributed by atoms with Crippen LogP contribution < -0.4 is 5.73 Å². The van der Waals surface area contributed by atoms with Crippen LogP contribution in [0.3, 0.4) is 0 Å². The molecular formula is C6H6FNO2. The molecular weight excluding hydrogens is 137 g/mol. The minimum atomic E-state index is -0.883. The normalized spacial score (nSPS) is 9.70. The average molecular weight is 143 g/mol. The predicted molar refractivity (Wildman–Crippen MR) is 34.1 cm³/mol. The monoisotopic (exact) mass is 143 g/mol. The van der Waals surface area contributed by atoms with E-state index in [2.05, 4.69) is 0 Å². The summed E-state index contributed by atoms with van der Waals surface area (Å²) in [5.74, 6) is -2.30. The molecule has 0 saturated heterocycles. The van der Waals surface area contributed by atoms with E-state index in [0.717, 1.165) is 6.07 Å². The number of anilines is 1. The standard InChI is InChI=1S/C6H6FNO2/c7-3-1-2-4(8)6(10)5(3)9/h1-2,9-10H,8H2. The molecule has 1 aromatic carbocycles. The Labute approximate surface area is 56.5 Å². The molecule has 1 aromatic rings. The summed E-state index contributed by atoms with van der Waals surface area (Å²) in [7, 11) is 0. The number of hydrogen-bond acceptors (Lipinski definition) is 3. The first-order valence-electron chi connectivity index (χ1n) is 2.59. The molecule has 0 aliphatic carbocycles. The summed E-state index contributed by atoms with van der Waals surface area (Å²) in [5, 5.41) is 17.5. The van der Waals surface area contributed by atoms with Crippen molar-refractivity contribution in [2.75, 3.05) is 5.73 Å². The Morgan fingerprint density at radius 2 is 1.80 bits per heavy atom. The van der Waals surface area contributed by atoms with Crippen LogP contribution in [-0.4, -0.2) is 10.2 Å². The first-order chi connectivity index (χ1) is 4.63. The van der Waals surface area contributed by atoms with Crippen LogP contribution in [0.2, 0.25) is 0 Å². The van der Waals surface area contributed by atoms with Crippen molar-refractivity contribution < 1.29 is 14.6 Å². The van der Waals surface area contributed by atoms with Gasteiger partial charge in [-0.15, -0.1) is 0 Å². The molecule has 0 atom stereocenters. The third kappa shape index (κ3) is 0.834. The number of nitrogen functional groups attached to an aromatic ring is 1. The van der Waals surface area contributed by atoms with Crippen molar-refractivity contribution in [3.63, 3.8) is 0 Å². The summed E-state index contributed by atoms with van der Waals surface area (Å²) < 4.78 is 12.3. The molecule has 0 aromatic heterocycles. The molecule has 0 radical (unpaired) electrons. The fraction of sp³-hybridized carbons (Fsp3) is 0. The predicted octanol–water partition coefficient (Wildman–Crippen LogP) is 0.819. The number of aromatic hydroxyl groups is 2. The van der Waals surface area contributed by atoms with Gasteiger partial charge in [0.15, 0.2) is 17.3 Å². The maximum atomic E-state index is 12.3. The maximum Gasteiger partial charge on any atom is 0.196 e. The van der Waals surface area contributed by atoms with E-state index >= 15 is 0 Å². The van der Waals surface area contributed by atoms with Gasteiger partial charge < -0.3 is 15.9 Å². The zero-order valence-electron chi connectivity index (χ0n) is 5.00. The van der Waals surface area contributed by atoms with Crippen LogP contribution >= 0.6 is 0 Å². The highest BCUT2D eigenvalue weighted by molar-refractivity contribution is 5.58. The van der Waals surface area contributed by atoms with Gasteiger partial charge >= 0.3 is 0 Å². The van der Waals surface area contributed by atoms with Gasteiger partial charge in [-0.05, 0) is 12.1 Å². The van der Waals surface area contributed by atoms with Crippen molar-refractivity contribution >= 4 is 5.69 Å². The lowest BCUT2D eigenvalue weighted by atomic mass is 10.2. The highest BCUT2D eigenvalue weighted by Gasteiger charge is 2.07. The van der Waals surface area contributed by atoms with Gasteiger partial charge in [0.1, 0.15) is 0 Å². The van der Waals surface area contributed by atoms with Crippen LogP contribution in [0.5, 0.6) is 11.5 Å². The number of phenolic OH excluding ortho intramolecular Hbond substituents is 2. The Morgan fingerprint density at radius 3 is 2.30 bits per heavy atom. The summed E-state index contributed by atoms with van der Waals surface area (Å²) in [4.78, 5) is 0. The molecule has 54 valence electrons. The second kappa shape index (κ2) is 2.06. The molecule has 0 fully saturated rings. The van der Waals surface area contributed by atoms with Crippen LogP contribution in [0.4, 0.5) is 10.1 Å². The summed E-state index contributed by atoms with van der Waals surface area (Å²) in [6, 6.07) is 2.15. The Bertz CT molecular complexity index is 235. The van der Waals surface area contributed by atoms with Gasteiger partial charge in [-0.3, -0.25) is 0 Å². The number of hydrogen-bond donors (Lipinski definition) is 3. The molecule has 0 unspecified atom stereocenters. The van der Waals surface area contributed by atoms with E-state index in [-0.39, 0.29) is 5.69 Å². The van der Waals surface area contributed by atoms with Gasteiger partial charge in [-0.25, -0.2) is 4.39 Å². The fourth-order valence-electron chi connectivity index (χ4n) is 0.571. The second-order valence-electron chi connectivity index (χ2n) is 1.83. The molecule has 0 aliphatic heterocycles. The van der Waals surface area contributed by atoms with E-state index < -0.39 is 17.3 Å². The molecule has 0 aliphatic rings. The first-order valence-corrected chi connectivity index (χ1v) is 2.59. The minimum Gasteiger partial charge on any atom is -0.503 e. The largest absolute Gasteiger partial charge is 0.503 e. The molecule has 3 nitrogen and oxygen atoms in total. The molecule has 4 heteroatoms. The Morgan fingerprint density at radius 1 is 1.20 bits per heavy atom. The van der Waals surface area contributed by atoms with Crippen molar-refractivity contribution in [1.82, 2.24) is 0 Å². The third-order valence-corrected chi connectivity index (χ3v) is 1.13. The molecule has 0 amide bonds. The van der Waals surface area contributed by atoms with E-state index in [9.17, 15) is 4.39 Å². The van der Waals surface area contributed by atoms with Crippen molar-refractivity contribution in [3.8, 4) is 11.5 Å². The molecule has 0 bridgehead atoms. The SMILES string of the molecule is Nc1ccc(F)c(O)c1O. The van der Waals surface area contributed by atoms with Gasteiger partial charge in [-0.2, -0.15) is 0 Å². The fourth-order valence-corrected chi connectivity index (χ4v) is 0.571. The topological polar surface area (TPSA) is 66.5 Å². The average Bonchev–Trinajstić information content (AvgIpc) is 1.93. The van der Waals surface area contributed by atoms with Gasteiger partial charge in [0.2, 0.25) is 0 Å². The summed E-state index contributed by atoms with van der Waals surface area (Å²) >= 11 is 0. The molecule has 0 spiro atoms. The first kappa shape index (κ1) is 6.67. The van der Waals surface area contributed by atoms with Gasteiger partial charge in [0.05, 0.1) is 5.69 Å². The van der Waals surface area contributed by atoms with Crippen molar-refractivity contribution in [2.24, 2.45) is 0 Å². The summed E-state index contributed by atoms with van der Waals surface area (Å²) in [6.45, 7) is 0. The zero-order valence-corrected chi connectivity index (χ0v) is 5.00. The quantitative estimate of drug-likeness (QED) is 0.372. The van der Waals surface area contributed by atoms with Gasteiger partial charge in [0.25, 0.3) is 0 Å². The molecule has 4 N–H and O–H groups in total. The number of halogens is 1. The lowest BCUT2D eigenvalue weighted by Crippen LogP contribution is -1.86. The molecule has 10 heavy (non-hydrogen) atoms. The number of rotatable bonds is 0. The van der Waals surface area contributed by atoms with Crippen molar-refractivity contribution in [1.29, 1.82) is 0 Å². The van der Waals surface area contributed by atoms with Crippen LogP contribution in [0.15, 0.2) is 12.1 Å². The second-order valence-corrected chi connectivity index (χ2v) is 1.83. The smallest absolute Gasteiger partial charge is 0.196 e. The van der Waals surface area contributed by atoms with E-state index in [4.69, 9.17) is 15.9 Å². The minimum absolute atomic E-state index is 0.0427. The summed E-state index contributed by atoms with van der Waals surface area (Å²) in [6.07, 6.45) is 0. The van der Waals surface area contributed by atoms with Crippen molar-refractivity contribution in [2.45, 2.75) is 0 Å². The van der Waals surface area contributed by atoms with Gasteiger partial charge in [-0.1, -0.05) is 0 Å². The van der Waals surface area contributed by atoms with Crippen LogP contribution in [0.1, 0.15) is 0 Å². The molecule has 0 heterocycles. The highest BCUT2D eigenvalue weighted by atomic mass is 19.1. The van der Waals surface area contributed by atoms with E-state index in [1.807, 2.05) is 0 Å². The van der Waals surface area contributed by atoms with E-state index in [1.165, 1.54) is 6.07 Å². The number of nitrogens with two attached hydrogens (primary N) is 1. The summed E-state index contributed by atoms with van der Waals surface area (Å²) in [5.41, 5.74) is 5.07. The number of benzene rings is 1. The molecule has 1 rings (SSSR count). The highest BCUT2D eigenvalue weighted by Crippen LogP contribution is 2.32. The lowest BCUT2D eigenvalue weighted by Gasteiger charge is -2.00. The molecule has 0 saturated carbocycles. The zero-order chi connectivity index (χ0) is 7.72. The Balaban J connectivity index is 3.34.